The van der Waals surface area contributed by atoms with E-state index in [1.54, 1.807) is 25.1 Å². The van der Waals surface area contributed by atoms with E-state index in [4.69, 9.17) is 21.4 Å². The van der Waals surface area contributed by atoms with Gasteiger partial charge < -0.3 is 9.84 Å². The summed E-state index contributed by atoms with van der Waals surface area (Å²) in [6, 6.07) is 7.14. The molecule has 1 aromatic carbocycles. The second kappa shape index (κ2) is 5.09. The summed E-state index contributed by atoms with van der Waals surface area (Å²) in [6.07, 6.45) is -0.674. The number of carbonyl (C=O) groups excluding carboxylic acids is 1. The van der Waals surface area contributed by atoms with Crippen LogP contribution in [0.1, 0.15) is 18.9 Å². The standard InChI is InChI=1S/C13H14ClNO4/c1-13(6-11(16)17)8-19-12(18)15(13)7-9-4-2-3-5-10(9)14/h2-5H,6-8H2,1H3,(H,16,17). The fourth-order valence-corrected chi connectivity index (χ4v) is 2.31. The lowest BCUT2D eigenvalue weighted by molar-refractivity contribution is -0.139. The number of carboxylic acids is 1. The number of ether oxygens (including phenoxy) is 1. The van der Waals surface area contributed by atoms with Crippen LogP contribution in [-0.2, 0) is 16.1 Å². The van der Waals surface area contributed by atoms with E-state index in [2.05, 4.69) is 0 Å². The van der Waals surface area contributed by atoms with Gasteiger partial charge in [0, 0.05) is 5.02 Å². The molecule has 1 aromatic rings. The molecule has 1 unspecified atom stereocenters. The minimum absolute atomic E-state index is 0.0720. The van der Waals surface area contributed by atoms with Crippen molar-refractivity contribution in [2.75, 3.05) is 6.61 Å². The van der Waals surface area contributed by atoms with Crippen LogP contribution in [0, 0.1) is 0 Å². The van der Waals surface area contributed by atoms with Gasteiger partial charge in [-0.2, -0.15) is 0 Å². The average molecular weight is 284 g/mol. The molecule has 1 atom stereocenters. The minimum Gasteiger partial charge on any atom is -0.481 e. The molecule has 2 rings (SSSR count). The van der Waals surface area contributed by atoms with Crippen LogP contribution in [0.3, 0.4) is 0 Å². The Hall–Kier alpha value is -1.75. The normalized spacial score (nSPS) is 22.4. The largest absolute Gasteiger partial charge is 0.481 e. The van der Waals surface area contributed by atoms with Crippen LogP contribution in [0.15, 0.2) is 24.3 Å². The zero-order chi connectivity index (χ0) is 14.0. The molecule has 1 saturated heterocycles. The lowest BCUT2D eigenvalue weighted by Gasteiger charge is -2.30. The molecule has 1 aliphatic rings. The Bertz CT molecular complexity index is 519. The second-order valence-electron chi connectivity index (χ2n) is 4.80. The van der Waals surface area contributed by atoms with Crippen molar-refractivity contribution in [2.24, 2.45) is 0 Å². The summed E-state index contributed by atoms with van der Waals surface area (Å²) in [7, 11) is 0. The van der Waals surface area contributed by atoms with Crippen molar-refractivity contribution in [3.63, 3.8) is 0 Å². The van der Waals surface area contributed by atoms with Gasteiger partial charge in [0.1, 0.15) is 6.61 Å². The molecular formula is C13H14ClNO4. The first-order valence-corrected chi connectivity index (χ1v) is 6.20. The van der Waals surface area contributed by atoms with Crippen LogP contribution >= 0.6 is 11.6 Å². The molecule has 0 radical (unpaired) electrons. The Labute approximate surface area is 115 Å². The summed E-state index contributed by atoms with van der Waals surface area (Å²) in [5.74, 6) is -0.968. The Morgan fingerprint density at radius 3 is 2.84 bits per heavy atom. The number of benzene rings is 1. The quantitative estimate of drug-likeness (QED) is 0.922. The summed E-state index contributed by atoms with van der Waals surface area (Å²) >= 11 is 6.05. The van der Waals surface area contributed by atoms with Crippen LogP contribution in [0.5, 0.6) is 0 Å². The number of hydrogen-bond acceptors (Lipinski definition) is 3. The molecule has 1 heterocycles. The van der Waals surface area contributed by atoms with Crippen molar-refractivity contribution in [2.45, 2.75) is 25.4 Å². The highest BCUT2D eigenvalue weighted by Gasteiger charge is 2.45. The number of carboxylic acid groups (broad SMARTS) is 1. The highest BCUT2D eigenvalue weighted by molar-refractivity contribution is 6.31. The molecule has 1 aliphatic heterocycles. The number of halogens is 1. The van der Waals surface area contributed by atoms with Gasteiger partial charge in [-0.05, 0) is 18.6 Å². The Balaban J connectivity index is 2.23. The Morgan fingerprint density at radius 1 is 1.53 bits per heavy atom. The fourth-order valence-electron chi connectivity index (χ4n) is 2.12. The monoisotopic (exact) mass is 283 g/mol. The van der Waals surface area contributed by atoms with Gasteiger partial charge in [0.15, 0.2) is 0 Å². The average Bonchev–Trinajstić information content (AvgIpc) is 2.59. The highest BCUT2D eigenvalue weighted by atomic mass is 35.5. The van der Waals surface area contributed by atoms with Gasteiger partial charge in [0.25, 0.3) is 0 Å². The third kappa shape index (κ3) is 2.81. The van der Waals surface area contributed by atoms with E-state index in [-0.39, 0.29) is 19.6 Å². The first-order valence-electron chi connectivity index (χ1n) is 5.82. The lowest BCUT2D eigenvalue weighted by Crippen LogP contribution is -2.45. The molecule has 6 heteroatoms. The number of rotatable bonds is 4. The first-order chi connectivity index (χ1) is 8.92. The van der Waals surface area contributed by atoms with Crippen molar-refractivity contribution in [3.05, 3.63) is 34.9 Å². The zero-order valence-corrected chi connectivity index (χ0v) is 11.2. The summed E-state index contributed by atoms with van der Waals surface area (Å²) in [4.78, 5) is 24.1. The predicted octanol–water partition coefficient (Wildman–Crippen LogP) is 2.53. The maximum atomic E-state index is 11.8. The van der Waals surface area contributed by atoms with E-state index in [1.807, 2.05) is 6.07 Å². The van der Waals surface area contributed by atoms with Gasteiger partial charge in [-0.15, -0.1) is 0 Å². The van der Waals surface area contributed by atoms with Gasteiger partial charge in [-0.3, -0.25) is 9.69 Å². The third-order valence-electron chi connectivity index (χ3n) is 3.20. The fraction of sp³-hybridized carbons (Fsp3) is 0.385. The lowest BCUT2D eigenvalue weighted by atomic mass is 9.97. The number of nitrogens with zero attached hydrogens (tertiary/aromatic N) is 1. The smallest absolute Gasteiger partial charge is 0.410 e. The van der Waals surface area contributed by atoms with Crippen LogP contribution in [-0.4, -0.2) is 34.2 Å². The molecule has 102 valence electrons. The highest BCUT2D eigenvalue weighted by Crippen LogP contribution is 2.30. The Kier molecular flexibility index (Phi) is 3.66. The molecule has 0 aromatic heterocycles. The van der Waals surface area contributed by atoms with Crippen molar-refractivity contribution in [1.29, 1.82) is 0 Å². The zero-order valence-electron chi connectivity index (χ0n) is 10.4. The van der Waals surface area contributed by atoms with E-state index in [0.29, 0.717) is 5.02 Å². The Morgan fingerprint density at radius 2 is 2.21 bits per heavy atom. The number of hydrogen-bond donors (Lipinski definition) is 1. The van der Waals surface area contributed by atoms with Crippen molar-refractivity contribution >= 4 is 23.7 Å². The van der Waals surface area contributed by atoms with Gasteiger partial charge in [-0.1, -0.05) is 29.8 Å². The molecule has 5 nitrogen and oxygen atoms in total. The van der Waals surface area contributed by atoms with Crippen LogP contribution in [0.2, 0.25) is 5.02 Å². The van der Waals surface area contributed by atoms with Gasteiger partial charge in [0.05, 0.1) is 18.5 Å². The summed E-state index contributed by atoms with van der Waals surface area (Å²) < 4.78 is 4.97. The van der Waals surface area contributed by atoms with Crippen molar-refractivity contribution in [3.8, 4) is 0 Å². The molecule has 0 bridgehead atoms. The minimum atomic E-state index is -0.968. The SMILES string of the molecule is CC1(CC(=O)O)COC(=O)N1Cc1ccccc1Cl. The molecule has 19 heavy (non-hydrogen) atoms. The maximum Gasteiger partial charge on any atom is 0.410 e. The molecular weight excluding hydrogens is 270 g/mol. The predicted molar refractivity (Wildman–Crippen MR) is 69.0 cm³/mol. The molecule has 0 spiro atoms. The maximum absolute atomic E-state index is 11.8. The van der Waals surface area contributed by atoms with E-state index in [0.717, 1.165) is 5.56 Å². The van der Waals surface area contributed by atoms with Crippen LogP contribution in [0.4, 0.5) is 4.79 Å². The number of aliphatic carboxylic acids is 1. The number of carbonyl (C=O) groups is 2. The van der Waals surface area contributed by atoms with Crippen LogP contribution < -0.4 is 0 Å². The van der Waals surface area contributed by atoms with Gasteiger partial charge in [0.2, 0.25) is 0 Å². The molecule has 0 saturated carbocycles. The van der Waals surface area contributed by atoms with Crippen molar-refractivity contribution in [1.82, 2.24) is 4.90 Å². The molecule has 1 fully saturated rings. The number of amides is 1. The van der Waals surface area contributed by atoms with Gasteiger partial charge >= 0.3 is 12.1 Å². The topological polar surface area (TPSA) is 66.8 Å². The van der Waals surface area contributed by atoms with E-state index in [1.165, 1.54) is 4.90 Å². The molecule has 1 N–H and O–H groups in total. The summed E-state index contributed by atoms with van der Waals surface area (Å²) in [6.45, 7) is 2.01. The van der Waals surface area contributed by atoms with E-state index >= 15 is 0 Å². The first kappa shape index (κ1) is 13.7. The van der Waals surface area contributed by atoms with E-state index < -0.39 is 17.6 Å². The molecule has 1 amide bonds. The summed E-state index contributed by atoms with van der Waals surface area (Å²) in [5.41, 5.74) is -0.0816. The van der Waals surface area contributed by atoms with Crippen molar-refractivity contribution < 1.29 is 19.4 Å². The summed E-state index contributed by atoms with van der Waals surface area (Å²) in [5, 5.41) is 9.49. The van der Waals surface area contributed by atoms with E-state index in [9.17, 15) is 9.59 Å². The second-order valence-corrected chi connectivity index (χ2v) is 5.21. The van der Waals surface area contributed by atoms with Gasteiger partial charge in [-0.25, -0.2) is 4.79 Å². The third-order valence-corrected chi connectivity index (χ3v) is 3.57. The molecule has 0 aliphatic carbocycles. The number of cyclic esters (lactones) is 1. The van der Waals surface area contributed by atoms with Crippen LogP contribution in [0.25, 0.3) is 0 Å².